The van der Waals surface area contributed by atoms with E-state index in [0.29, 0.717) is 22.8 Å². The Labute approximate surface area is 127 Å². The zero-order valence-electron chi connectivity index (χ0n) is 12.1. The SMILES string of the molecule is Cc1cnccc1-c1noc(-c2cccc(F)c2C2CC2)n1. The molecule has 5 heteroatoms. The Morgan fingerprint density at radius 1 is 1.18 bits per heavy atom. The Kier molecular flexibility index (Phi) is 2.99. The molecule has 1 aliphatic rings. The Hall–Kier alpha value is -2.56. The van der Waals surface area contributed by atoms with Crippen LogP contribution in [0.3, 0.4) is 0 Å². The van der Waals surface area contributed by atoms with Gasteiger partial charge in [-0.15, -0.1) is 0 Å². The fraction of sp³-hybridized carbons (Fsp3) is 0.235. The van der Waals surface area contributed by atoms with Gasteiger partial charge in [-0.2, -0.15) is 4.98 Å². The first-order valence-electron chi connectivity index (χ1n) is 7.27. The van der Waals surface area contributed by atoms with Crippen LogP contribution in [0, 0.1) is 12.7 Å². The van der Waals surface area contributed by atoms with Gasteiger partial charge in [-0.25, -0.2) is 4.39 Å². The van der Waals surface area contributed by atoms with Crippen molar-refractivity contribution in [1.82, 2.24) is 15.1 Å². The van der Waals surface area contributed by atoms with Gasteiger partial charge in [0.15, 0.2) is 0 Å². The molecule has 110 valence electrons. The Bertz CT molecular complexity index is 839. The molecule has 0 bridgehead atoms. The maximum Gasteiger partial charge on any atom is 0.258 e. The van der Waals surface area contributed by atoms with Gasteiger partial charge in [0.1, 0.15) is 5.82 Å². The van der Waals surface area contributed by atoms with Crippen LogP contribution in [0.4, 0.5) is 4.39 Å². The summed E-state index contributed by atoms with van der Waals surface area (Å²) in [6, 6.07) is 6.85. The van der Waals surface area contributed by atoms with E-state index in [2.05, 4.69) is 15.1 Å². The van der Waals surface area contributed by atoms with E-state index in [-0.39, 0.29) is 11.7 Å². The molecule has 0 amide bonds. The number of hydrogen-bond donors (Lipinski definition) is 0. The van der Waals surface area contributed by atoms with Gasteiger partial charge in [-0.1, -0.05) is 11.2 Å². The Morgan fingerprint density at radius 2 is 2.05 bits per heavy atom. The van der Waals surface area contributed by atoms with Gasteiger partial charge >= 0.3 is 0 Å². The molecule has 1 aliphatic carbocycles. The first-order chi connectivity index (χ1) is 10.7. The number of nitrogens with zero attached hydrogens (tertiary/aromatic N) is 3. The molecule has 1 fully saturated rings. The molecule has 1 saturated carbocycles. The summed E-state index contributed by atoms with van der Waals surface area (Å²) in [4.78, 5) is 8.51. The maximum absolute atomic E-state index is 14.1. The van der Waals surface area contributed by atoms with E-state index < -0.39 is 0 Å². The molecule has 0 atom stereocenters. The zero-order valence-corrected chi connectivity index (χ0v) is 12.1. The molecular weight excluding hydrogens is 281 g/mol. The largest absolute Gasteiger partial charge is 0.334 e. The van der Waals surface area contributed by atoms with Crippen LogP contribution in [0.1, 0.15) is 29.9 Å². The smallest absolute Gasteiger partial charge is 0.258 e. The van der Waals surface area contributed by atoms with E-state index >= 15 is 0 Å². The second kappa shape index (κ2) is 5.02. The summed E-state index contributed by atoms with van der Waals surface area (Å²) in [5.41, 5.74) is 3.24. The highest BCUT2D eigenvalue weighted by Crippen LogP contribution is 2.45. The Balaban J connectivity index is 1.80. The number of aryl methyl sites for hydroxylation is 1. The quantitative estimate of drug-likeness (QED) is 0.729. The first-order valence-corrected chi connectivity index (χ1v) is 7.27. The summed E-state index contributed by atoms with van der Waals surface area (Å²) in [6.45, 7) is 1.94. The lowest BCUT2D eigenvalue weighted by molar-refractivity contribution is 0.431. The van der Waals surface area contributed by atoms with Crippen LogP contribution in [0.15, 0.2) is 41.2 Å². The van der Waals surface area contributed by atoms with E-state index in [1.165, 1.54) is 6.07 Å². The second-order valence-corrected chi connectivity index (χ2v) is 5.59. The molecule has 1 aromatic carbocycles. The van der Waals surface area contributed by atoms with Crippen LogP contribution in [-0.4, -0.2) is 15.1 Å². The third-order valence-electron chi connectivity index (χ3n) is 3.96. The fourth-order valence-corrected chi connectivity index (χ4v) is 2.68. The second-order valence-electron chi connectivity index (χ2n) is 5.59. The lowest BCUT2D eigenvalue weighted by Crippen LogP contribution is -1.93. The van der Waals surface area contributed by atoms with Crippen molar-refractivity contribution in [2.75, 3.05) is 0 Å². The van der Waals surface area contributed by atoms with Crippen LogP contribution in [-0.2, 0) is 0 Å². The van der Waals surface area contributed by atoms with Crippen molar-refractivity contribution in [1.29, 1.82) is 0 Å². The van der Waals surface area contributed by atoms with Crippen molar-refractivity contribution in [2.45, 2.75) is 25.7 Å². The highest BCUT2D eigenvalue weighted by molar-refractivity contribution is 5.65. The minimum atomic E-state index is -0.195. The molecule has 2 heterocycles. The average Bonchev–Trinajstić information content (AvgIpc) is 3.24. The maximum atomic E-state index is 14.1. The molecule has 2 aromatic heterocycles. The lowest BCUT2D eigenvalue weighted by Gasteiger charge is -2.05. The highest BCUT2D eigenvalue weighted by atomic mass is 19.1. The van der Waals surface area contributed by atoms with Gasteiger partial charge in [0.25, 0.3) is 5.89 Å². The van der Waals surface area contributed by atoms with Crippen LogP contribution in [0.2, 0.25) is 0 Å². The molecule has 4 nitrogen and oxygen atoms in total. The van der Waals surface area contributed by atoms with Gasteiger partial charge in [0.05, 0.1) is 0 Å². The van der Waals surface area contributed by atoms with E-state index in [4.69, 9.17) is 4.52 Å². The molecule has 0 aliphatic heterocycles. The molecule has 3 aromatic rings. The number of benzene rings is 1. The van der Waals surface area contributed by atoms with Crippen molar-refractivity contribution in [3.05, 3.63) is 53.6 Å². The van der Waals surface area contributed by atoms with E-state index in [9.17, 15) is 4.39 Å². The fourth-order valence-electron chi connectivity index (χ4n) is 2.68. The number of aromatic nitrogens is 3. The van der Waals surface area contributed by atoms with Crippen LogP contribution in [0.5, 0.6) is 0 Å². The molecule has 0 N–H and O–H groups in total. The molecule has 0 spiro atoms. The molecule has 22 heavy (non-hydrogen) atoms. The van der Waals surface area contributed by atoms with Gasteiger partial charge in [0.2, 0.25) is 5.82 Å². The number of hydrogen-bond acceptors (Lipinski definition) is 4. The third-order valence-corrected chi connectivity index (χ3v) is 3.96. The van der Waals surface area contributed by atoms with Gasteiger partial charge < -0.3 is 4.52 Å². The molecule has 4 rings (SSSR count). The number of rotatable bonds is 3. The van der Waals surface area contributed by atoms with Crippen molar-refractivity contribution in [3.63, 3.8) is 0 Å². The third kappa shape index (κ3) is 2.19. The summed E-state index contributed by atoms with van der Waals surface area (Å²) in [5.74, 6) is 0.947. The Morgan fingerprint density at radius 3 is 2.82 bits per heavy atom. The predicted octanol–water partition coefficient (Wildman–Crippen LogP) is 4.12. The topological polar surface area (TPSA) is 51.8 Å². The van der Waals surface area contributed by atoms with Crippen molar-refractivity contribution < 1.29 is 8.91 Å². The van der Waals surface area contributed by atoms with E-state index in [1.807, 2.05) is 19.1 Å². The van der Waals surface area contributed by atoms with Crippen LogP contribution >= 0.6 is 0 Å². The molecule has 0 radical (unpaired) electrons. The molecular formula is C17H14FN3O. The number of pyridine rings is 1. The van der Waals surface area contributed by atoms with Crippen LogP contribution < -0.4 is 0 Å². The lowest BCUT2D eigenvalue weighted by atomic mass is 10.0. The van der Waals surface area contributed by atoms with Gasteiger partial charge in [-0.05, 0) is 49.4 Å². The van der Waals surface area contributed by atoms with Gasteiger partial charge in [-0.3, -0.25) is 4.98 Å². The highest BCUT2D eigenvalue weighted by Gasteiger charge is 2.31. The number of halogens is 1. The summed E-state index contributed by atoms with van der Waals surface area (Å²) < 4.78 is 19.5. The van der Waals surface area contributed by atoms with E-state index in [0.717, 1.165) is 24.0 Å². The van der Waals surface area contributed by atoms with Crippen molar-refractivity contribution >= 4 is 0 Å². The minimum Gasteiger partial charge on any atom is -0.334 e. The zero-order chi connectivity index (χ0) is 15.1. The summed E-state index contributed by atoms with van der Waals surface area (Å²) >= 11 is 0. The normalized spacial score (nSPS) is 14.3. The summed E-state index contributed by atoms with van der Waals surface area (Å²) in [5, 5.41) is 4.04. The summed E-state index contributed by atoms with van der Waals surface area (Å²) in [6.07, 6.45) is 5.47. The molecule has 0 unspecified atom stereocenters. The predicted molar refractivity (Wildman–Crippen MR) is 79.6 cm³/mol. The van der Waals surface area contributed by atoms with Crippen molar-refractivity contribution in [3.8, 4) is 22.8 Å². The van der Waals surface area contributed by atoms with Crippen LogP contribution in [0.25, 0.3) is 22.8 Å². The monoisotopic (exact) mass is 295 g/mol. The average molecular weight is 295 g/mol. The standard InChI is InChI=1S/C17H14FN3O/c1-10-9-19-8-7-12(10)16-20-17(22-21-16)13-3-2-4-14(18)15(13)11-5-6-11/h2-4,7-9,11H,5-6H2,1H3. The minimum absolute atomic E-state index is 0.195. The van der Waals surface area contributed by atoms with Gasteiger partial charge in [0, 0.05) is 29.1 Å². The summed E-state index contributed by atoms with van der Waals surface area (Å²) in [7, 11) is 0. The van der Waals surface area contributed by atoms with E-state index in [1.54, 1.807) is 18.5 Å². The molecule has 0 saturated heterocycles. The van der Waals surface area contributed by atoms with Crippen molar-refractivity contribution in [2.24, 2.45) is 0 Å². The first kappa shape index (κ1) is 13.1.